The summed E-state index contributed by atoms with van der Waals surface area (Å²) in [5.41, 5.74) is 2.80. The van der Waals surface area contributed by atoms with E-state index in [1.165, 1.54) is 6.07 Å². The third-order valence-electron chi connectivity index (χ3n) is 6.46. The van der Waals surface area contributed by atoms with Crippen LogP contribution in [0.5, 0.6) is 0 Å². The highest BCUT2D eigenvalue weighted by molar-refractivity contribution is 7.90. The Morgan fingerprint density at radius 2 is 1.66 bits per heavy atom. The lowest BCUT2D eigenvalue weighted by Gasteiger charge is -2.22. The third kappa shape index (κ3) is 4.33. The standard InChI is InChI=1S/C27H26N4O3S/c1-19-12-14-22(15-13-19)31-17-16-28-25(31)27(18-23(27)21-9-4-3-5-10-21)29-26(32)30-35(33,34)24-11-7-6-8-20(24)2/h3-17,23H,18H2,1-2H3,(H2,29,30,32)/t23-,27?/m1/s1. The number of hydrogen-bond acceptors (Lipinski definition) is 4. The molecule has 0 saturated heterocycles. The molecule has 1 heterocycles. The quantitative estimate of drug-likeness (QED) is 0.418. The number of aromatic nitrogens is 2. The summed E-state index contributed by atoms with van der Waals surface area (Å²) in [6.45, 7) is 3.71. The SMILES string of the molecule is Cc1ccc(-n2ccnc2C2(NC(=O)NS(=O)(=O)c3ccccc3C)C[C@@H]2c2ccccc2)cc1. The zero-order valence-electron chi connectivity index (χ0n) is 19.5. The predicted molar refractivity (Wildman–Crippen MR) is 134 cm³/mol. The van der Waals surface area contributed by atoms with Crippen LogP contribution in [0, 0.1) is 13.8 Å². The van der Waals surface area contributed by atoms with E-state index in [1.807, 2.05) is 72.3 Å². The van der Waals surface area contributed by atoms with Crippen molar-refractivity contribution in [3.05, 3.63) is 114 Å². The van der Waals surface area contributed by atoms with Crippen molar-refractivity contribution in [2.45, 2.75) is 36.6 Å². The summed E-state index contributed by atoms with van der Waals surface area (Å²) >= 11 is 0. The Labute approximate surface area is 204 Å². The molecule has 5 rings (SSSR count). The first-order valence-electron chi connectivity index (χ1n) is 11.4. The molecule has 3 aromatic carbocycles. The van der Waals surface area contributed by atoms with Crippen LogP contribution in [0.1, 0.15) is 34.9 Å². The van der Waals surface area contributed by atoms with Gasteiger partial charge in [0.2, 0.25) is 0 Å². The highest BCUT2D eigenvalue weighted by atomic mass is 32.2. The Balaban J connectivity index is 1.49. The van der Waals surface area contributed by atoms with Gasteiger partial charge in [-0.25, -0.2) is 22.9 Å². The number of hydrogen-bond donors (Lipinski definition) is 2. The van der Waals surface area contributed by atoms with E-state index in [-0.39, 0.29) is 10.8 Å². The van der Waals surface area contributed by atoms with E-state index in [0.717, 1.165) is 16.8 Å². The third-order valence-corrected chi connectivity index (χ3v) is 7.95. The highest BCUT2D eigenvalue weighted by Gasteiger charge is 2.60. The average Bonchev–Trinajstić information content (AvgIpc) is 3.32. The number of nitrogens with one attached hydrogen (secondary N) is 2. The second-order valence-electron chi connectivity index (χ2n) is 8.92. The van der Waals surface area contributed by atoms with E-state index in [1.54, 1.807) is 31.3 Å². The first-order valence-corrected chi connectivity index (χ1v) is 12.8. The van der Waals surface area contributed by atoms with E-state index in [0.29, 0.717) is 17.8 Å². The average molecular weight is 487 g/mol. The number of aryl methyl sites for hydroxylation is 2. The molecule has 0 aliphatic heterocycles. The number of sulfonamides is 1. The summed E-state index contributed by atoms with van der Waals surface area (Å²) in [6, 6.07) is 23.7. The summed E-state index contributed by atoms with van der Waals surface area (Å²) in [4.78, 5) is 17.8. The Hall–Kier alpha value is -3.91. The number of benzene rings is 3. The molecule has 178 valence electrons. The van der Waals surface area contributed by atoms with Crippen molar-refractivity contribution in [3.63, 3.8) is 0 Å². The summed E-state index contributed by atoms with van der Waals surface area (Å²) in [7, 11) is -4.04. The van der Waals surface area contributed by atoms with E-state index >= 15 is 0 Å². The lowest BCUT2D eigenvalue weighted by molar-refractivity contribution is 0.239. The van der Waals surface area contributed by atoms with Gasteiger partial charge in [-0.3, -0.25) is 0 Å². The minimum absolute atomic E-state index is 0.0535. The molecular formula is C27H26N4O3S. The fourth-order valence-corrected chi connectivity index (χ4v) is 5.76. The maximum atomic E-state index is 13.1. The zero-order valence-corrected chi connectivity index (χ0v) is 20.3. The lowest BCUT2D eigenvalue weighted by Crippen LogP contribution is -2.46. The summed E-state index contributed by atoms with van der Waals surface area (Å²) < 4.78 is 30.0. The normalized spacial score (nSPS) is 19.2. The smallest absolute Gasteiger partial charge is 0.324 e. The summed E-state index contributed by atoms with van der Waals surface area (Å²) in [6.07, 6.45) is 4.14. The van der Waals surface area contributed by atoms with Gasteiger partial charge in [-0.15, -0.1) is 0 Å². The van der Waals surface area contributed by atoms with Gasteiger partial charge in [-0.05, 0) is 49.6 Å². The van der Waals surface area contributed by atoms with Crippen molar-refractivity contribution in [2.75, 3.05) is 0 Å². The first-order chi connectivity index (χ1) is 16.8. The van der Waals surface area contributed by atoms with E-state index in [9.17, 15) is 13.2 Å². The predicted octanol–water partition coefficient (Wildman–Crippen LogP) is 4.56. The fourth-order valence-electron chi connectivity index (χ4n) is 4.60. The molecule has 1 fully saturated rings. The molecule has 7 nitrogen and oxygen atoms in total. The molecule has 2 atom stereocenters. The van der Waals surface area contributed by atoms with Crippen LogP contribution in [0.25, 0.3) is 5.69 Å². The number of rotatable bonds is 6. The van der Waals surface area contributed by atoms with Crippen molar-refractivity contribution in [1.29, 1.82) is 0 Å². The molecule has 35 heavy (non-hydrogen) atoms. The minimum Gasteiger partial charge on any atom is -0.324 e. The zero-order chi connectivity index (χ0) is 24.6. The van der Waals surface area contributed by atoms with Crippen LogP contribution in [0.4, 0.5) is 4.79 Å². The first kappa shape index (κ1) is 22.9. The molecule has 4 aromatic rings. The molecule has 1 aromatic heterocycles. The number of urea groups is 1. The number of carbonyl (C=O) groups is 1. The van der Waals surface area contributed by atoms with E-state index < -0.39 is 21.6 Å². The van der Waals surface area contributed by atoms with E-state index in [4.69, 9.17) is 0 Å². The van der Waals surface area contributed by atoms with Gasteiger partial charge in [0.05, 0.1) is 4.90 Å². The largest absolute Gasteiger partial charge is 0.329 e. The maximum Gasteiger partial charge on any atom is 0.329 e. The van der Waals surface area contributed by atoms with E-state index in [2.05, 4.69) is 15.0 Å². The monoisotopic (exact) mass is 486 g/mol. The Bertz CT molecular complexity index is 1480. The maximum absolute atomic E-state index is 13.1. The second-order valence-corrected chi connectivity index (χ2v) is 10.6. The van der Waals surface area contributed by atoms with Crippen molar-refractivity contribution in [2.24, 2.45) is 0 Å². The van der Waals surface area contributed by atoms with Crippen LogP contribution in [-0.4, -0.2) is 24.0 Å². The number of carbonyl (C=O) groups excluding carboxylic acids is 1. The molecule has 0 bridgehead atoms. The summed E-state index contributed by atoms with van der Waals surface area (Å²) in [5, 5.41) is 2.97. The molecule has 1 unspecified atom stereocenters. The Kier molecular flexibility index (Phi) is 5.68. The molecule has 8 heteroatoms. The van der Waals surface area contributed by atoms with Gasteiger partial charge in [0.15, 0.2) is 0 Å². The molecule has 1 aliphatic rings. The van der Waals surface area contributed by atoms with Crippen LogP contribution in [0.3, 0.4) is 0 Å². The van der Waals surface area contributed by atoms with Gasteiger partial charge in [0.25, 0.3) is 10.0 Å². The Morgan fingerprint density at radius 1 is 0.971 bits per heavy atom. The van der Waals surface area contributed by atoms with Crippen molar-refractivity contribution in [1.82, 2.24) is 19.6 Å². The van der Waals surface area contributed by atoms with Gasteiger partial charge in [0, 0.05) is 24.0 Å². The van der Waals surface area contributed by atoms with Crippen LogP contribution < -0.4 is 10.0 Å². The molecule has 1 aliphatic carbocycles. The molecule has 0 radical (unpaired) electrons. The van der Waals surface area contributed by atoms with Crippen molar-refractivity contribution >= 4 is 16.1 Å². The second kappa shape index (κ2) is 8.70. The topological polar surface area (TPSA) is 93.1 Å². The number of nitrogens with zero attached hydrogens (tertiary/aromatic N) is 2. The molecule has 1 saturated carbocycles. The van der Waals surface area contributed by atoms with Crippen LogP contribution >= 0.6 is 0 Å². The van der Waals surface area contributed by atoms with Crippen molar-refractivity contribution < 1.29 is 13.2 Å². The van der Waals surface area contributed by atoms with Crippen LogP contribution in [-0.2, 0) is 15.6 Å². The highest BCUT2D eigenvalue weighted by Crippen LogP contribution is 2.58. The van der Waals surface area contributed by atoms with Crippen LogP contribution in [0.2, 0.25) is 0 Å². The van der Waals surface area contributed by atoms with Crippen LogP contribution in [0.15, 0.2) is 96.2 Å². The van der Waals surface area contributed by atoms with Gasteiger partial charge in [0.1, 0.15) is 11.4 Å². The van der Waals surface area contributed by atoms with Crippen molar-refractivity contribution in [3.8, 4) is 5.69 Å². The van der Waals surface area contributed by atoms with Gasteiger partial charge in [-0.2, -0.15) is 0 Å². The summed E-state index contributed by atoms with van der Waals surface area (Å²) in [5.74, 6) is 0.598. The van der Waals surface area contributed by atoms with Gasteiger partial charge >= 0.3 is 6.03 Å². The fraction of sp³-hybridized carbons (Fsp3) is 0.185. The number of amides is 2. The van der Waals surface area contributed by atoms with Gasteiger partial charge in [-0.1, -0.05) is 66.2 Å². The molecule has 2 amide bonds. The number of imidazole rings is 1. The lowest BCUT2D eigenvalue weighted by atomic mass is 10.1. The minimum atomic E-state index is -4.04. The molecule has 0 spiro atoms. The van der Waals surface area contributed by atoms with Gasteiger partial charge < -0.3 is 9.88 Å². The Morgan fingerprint density at radius 3 is 2.37 bits per heavy atom. The molecular weight excluding hydrogens is 460 g/mol. The molecule has 2 N–H and O–H groups in total.